The van der Waals surface area contributed by atoms with Gasteiger partial charge in [0.05, 0.1) is 6.04 Å². The van der Waals surface area contributed by atoms with Crippen molar-refractivity contribution in [3.05, 3.63) is 52.5 Å². The number of hydrogen-bond donors (Lipinski definition) is 2. The van der Waals surface area contributed by atoms with Crippen LogP contribution in [-0.2, 0) is 6.54 Å². The van der Waals surface area contributed by atoms with Crippen molar-refractivity contribution in [3.8, 4) is 0 Å². The van der Waals surface area contributed by atoms with Crippen molar-refractivity contribution in [2.24, 2.45) is 0 Å². The quantitative estimate of drug-likeness (QED) is 0.809. The first kappa shape index (κ1) is 19.6. The average Bonchev–Trinajstić information content (AvgIpc) is 2.96. The Kier molecular flexibility index (Phi) is 4.97. The molecule has 0 saturated heterocycles. The molecule has 0 aromatic carbocycles. The summed E-state index contributed by atoms with van der Waals surface area (Å²) in [6.07, 6.45) is -1.67. The molecular formula is C18H17F3N4O3. The van der Waals surface area contributed by atoms with Crippen LogP contribution in [0.1, 0.15) is 50.5 Å². The van der Waals surface area contributed by atoms with Crippen molar-refractivity contribution >= 4 is 17.7 Å². The number of aromatic nitrogens is 2. The van der Waals surface area contributed by atoms with Crippen molar-refractivity contribution in [2.75, 3.05) is 11.9 Å². The van der Waals surface area contributed by atoms with Gasteiger partial charge < -0.3 is 15.3 Å². The van der Waals surface area contributed by atoms with E-state index < -0.39 is 24.7 Å². The molecule has 1 aliphatic heterocycles. The molecule has 0 saturated carbocycles. The summed E-state index contributed by atoms with van der Waals surface area (Å²) < 4.78 is 37.1. The lowest BCUT2D eigenvalue weighted by Gasteiger charge is -2.25. The SMILES string of the molecule is Cc1cc(C(C)N2Cc3c(ccnc3C(=O)O)C2=O)cnc1NCC(F)(F)F. The van der Waals surface area contributed by atoms with E-state index in [-0.39, 0.29) is 29.5 Å². The summed E-state index contributed by atoms with van der Waals surface area (Å²) in [6.45, 7) is 2.25. The van der Waals surface area contributed by atoms with Crippen molar-refractivity contribution in [2.45, 2.75) is 32.6 Å². The van der Waals surface area contributed by atoms with Gasteiger partial charge in [-0.2, -0.15) is 13.2 Å². The lowest BCUT2D eigenvalue weighted by molar-refractivity contribution is -0.115. The molecule has 2 N–H and O–H groups in total. The first-order valence-electron chi connectivity index (χ1n) is 8.38. The predicted molar refractivity (Wildman–Crippen MR) is 93.0 cm³/mol. The zero-order chi connectivity index (χ0) is 20.6. The molecule has 1 aliphatic rings. The number of carboxylic acids is 1. The Morgan fingerprint density at radius 2 is 2.11 bits per heavy atom. The van der Waals surface area contributed by atoms with Crippen LogP contribution < -0.4 is 5.32 Å². The van der Waals surface area contributed by atoms with Gasteiger partial charge in [0.25, 0.3) is 5.91 Å². The fraction of sp³-hybridized carbons (Fsp3) is 0.333. The number of halogens is 3. The number of carbonyl (C=O) groups excluding carboxylic acids is 1. The zero-order valence-electron chi connectivity index (χ0n) is 15.0. The predicted octanol–water partition coefficient (Wildman–Crippen LogP) is 3.17. The molecule has 0 bridgehead atoms. The van der Waals surface area contributed by atoms with Gasteiger partial charge in [-0.3, -0.25) is 4.79 Å². The number of pyridine rings is 2. The number of hydrogen-bond acceptors (Lipinski definition) is 5. The van der Waals surface area contributed by atoms with Gasteiger partial charge >= 0.3 is 12.1 Å². The number of nitrogens with one attached hydrogen (secondary N) is 1. The molecule has 7 nitrogen and oxygen atoms in total. The van der Waals surface area contributed by atoms with Crippen LogP contribution in [0, 0.1) is 6.92 Å². The van der Waals surface area contributed by atoms with Crippen LogP contribution in [-0.4, -0.2) is 44.6 Å². The topological polar surface area (TPSA) is 95.4 Å². The van der Waals surface area contributed by atoms with E-state index in [0.29, 0.717) is 16.7 Å². The number of carbonyl (C=O) groups is 2. The van der Waals surface area contributed by atoms with Gasteiger partial charge in [0.2, 0.25) is 0 Å². The third-order valence-electron chi connectivity index (χ3n) is 4.58. The number of anilines is 1. The second-order valence-corrected chi connectivity index (χ2v) is 6.50. The van der Waals surface area contributed by atoms with E-state index in [4.69, 9.17) is 0 Å². The molecule has 1 amide bonds. The summed E-state index contributed by atoms with van der Waals surface area (Å²) in [5.41, 5.74) is 1.60. The second kappa shape index (κ2) is 7.10. The Morgan fingerprint density at radius 1 is 1.39 bits per heavy atom. The van der Waals surface area contributed by atoms with Crippen molar-refractivity contribution in [3.63, 3.8) is 0 Å². The van der Waals surface area contributed by atoms with E-state index in [9.17, 15) is 27.9 Å². The lowest BCUT2D eigenvalue weighted by atomic mass is 10.1. The Hall–Kier alpha value is -3.17. The summed E-state index contributed by atoms with van der Waals surface area (Å²) >= 11 is 0. The smallest absolute Gasteiger partial charge is 0.405 e. The van der Waals surface area contributed by atoms with Gasteiger partial charge in [-0.1, -0.05) is 0 Å². The van der Waals surface area contributed by atoms with Crippen LogP contribution in [0.5, 0.6) is 0 Å². The molecule has 3 rings (SSSR count). The van der Waals surface area contributed by atoms with Gasteiger partial charge in [-0.25, -0.2) is 14.8 Å². The van der Waals surface area contributed by atoms with E-state index in [2.05, 4.69) is 15.3 Å². The van der Waals surface area contributed by atoms with Crippen LogP contribution in [0.15, 0.2) is 24.5 Å². The zero-order valence-corrected chi connectivity index (χ0v) is 15.0. The summed E-state index contributed by atoms with van der Waals surface area (Å²) in [6, 6.07) is 2.68. The fourth-order valence-electron chi connectivity index (χ4n) is 3.12. The van der Waals surface area contributed by atoms with E-state index in [0.717, 1.165) is 0 Å². The van der Waals surface area contributed by atoms with Crippen molar-refractivity contribution in [1.82, 2.24) is 14.9 Å². The van der Waals surface area contributed by atoms with E-state index in [1.807, 2.05) is 0 Å². The minimum atomic E-state index is -4.36. The van der Waals surface area contributed by atoms with Gasteiger partial charge in [0.15, 0.2) is 5.69 Å². The van der Waals surface area contributed by atoms with Gasteiger partial charge in [0.1, 0.15) is 12.4 Å². The fourth-order valence-corrected chi connectivity index (χ4v) is 3.12. The van der Waals surface area contributed by atoms with E-state index >= 15 is 0 Å². The first-order valence-corrected chi connectivity index (χ1v) is 8.38. The van der Waals surface area contributed by atoms with E-state index in [1.165, 1.54) is 23.4 Å². The molecule has 10 heteroatoms. The molecule has 1 atom stereocenters. The molecule has 0 fully saturated rings. The molecule has 3 heterocycles. The van der Waals surface area contributed by atoms with Crippen LogP contribution in [0.25, 0.3) is 0 Å². The third kappa shape index (κ3) is 3.75. The highest BCUT2D eigenvalue weighted by Crippen LogP contribution is 2.33. The monoisotopic (exact) mass is 394 g/mol. The number of alkyl halides is 3. The molecule has 0 spiro atoms. The molecule has 0 radical (unpaired) electrons. The Labute approximate surface area is 158 Å². The highest BCUT2D eigenvalue weighted by molar-refractivity contribution is 6.01. The summed E-state index contributed by atoms with van der Waals surface area (Å²) in [5, 5.41) is 11.5. The first-order chi connectivity index (χ1) is 13.1. The van der Waals surface area contributed by atoms with Gasteiger partial charge in [-0.05, 0) is 37.1 Å². The maximum atomic E-state index is 12.7. The maximum Gasteiger partial charge on any atom is 0.405 e. The van der Waals surface area contributed by atoms with Gasteiger partial charge in [-0.15, -0.1) is 0 Å². The second-order valence-electron chi connectivity index (χ2n) is 6.50. The third-order valence-corrected chi connectivity index (χ3v) is 4.58. The Morgan fingerprint density at radius 3 is 2.71 bits per heavy atom. The van der Waals surface area contributed by atoms with Crippen LogP contribution in [0.3, 0.4) is 0 Å². The number of rotatable bonds is 5. The summed E-state index contributed by atoms with van der Waals surface area (Å²) in [5.74, 6) is -1.43. The molecule has 28 heavy (non-hydrogen) atoms. The summed E-state index contributed by atoms with van der Waals surface area (Å²) in [4.78, 5) is 33.4. The molecule has 148 valence electrons. The molecule has 1 unspecified atom stereocenters. The highest BCUT2D eigenvalue weighted by Gasteiger charge is 2.35. The standard InChI is InChI=1S/C18H17F3N4O3/c1-9-5-11(6-23-15(9)24-8-18(19,20)21)10(2)25-7-13-12(16(25)26)3-4-22-14(13)17(27)28/h3-6,10H,7-8H2,1-2H3,(H,23,24)(H,27,28). The van der Waals surface area contributed by atoms with Crippen LogP contribution >= 0.6 is 0 Å². The molecule has 2 aromatic heterocycles. The minimum Gasteiger partial charge on any atom is -0.477 e. The number of carboxylic acid groups (broad SMARTS) is 1. The minimum absolute atomic E-state index is 0.0813. The molecule has 2 aromatic rings. The number of aryl methyl sites for hydroxylation is 1. The normalized spacial score (nSPS) is 14.8. The lowest BCUT2D eigenvalue weighted by Crippen LogP contribution is -2.27. The number of amides is 1. The van der Waals surface area contributed by atoms with Crippen LogP contribution in [0.4, 0.5) is 19.0 Å². The average molecular weight is 394 g/mol. The largest absolute Gasteiger partial charge is 0.477 e. The number of fused-ring (bicyclic) bond motifs is 1. The number of aromatic carboxylic acids is 1. The highest BCUT2D eigenvalue weighted by atomic mass is 19.4. The van der Waals surface area contributed by atoms with Crippen molar-refractivity contribution < 1.29 is 27.9 Å². The van der Waals surface area contributed by atoms with Crippen LogP contribution in [0.2, 0.25) is 0 Å². The van der Waals surface area contributed by atoms with Crippen molar-refractivity contribution in [1.29, 1.82) is 0 Å². The Bertz CT molecular complexity index is 946. The number of nitrogens with zero attached hydrogens (tertiary/aromatic N) is 3. The Balaban J connectivity index is 1.82. The summed E-state index contributed by atoms with van der Waals surface area (Å²) in [7, 11) is 0. The van der Waals surface area contributed by atoms with E-state index in [1.54, 1.807) is 19.9 Å². The molecular weight excluding hydrogens is 377 g/mol. The molecule has 0 aliphatic carbocycles. The maximum absolute atomic E-state index is 12.7. The van der Waals surface area contributed by atoms with Gasteiger partial charge in [0, 0.05) is 30.1 Å².